The number of sulfonamides is 1. The molecule has 0 saturated heterocycles. The number of aliphatic hydroxyl groups excluding tert-OH is 1. The van der Waals surface area contributed by atoms with Gasteiger partial charge >= 0.3 is 0 Å². The SMILES string of the molecule is COC1c2cc(Br)cnc2N(S(=O)(=O)c2ccc(C)cc2)C1O. The number of halogens is 1. The highest BCUT2D eigenvalue weighted by molar-refractivity contribution is 9.10. The number of methoxy groups -OCH3 is 1. The summed E-state index contributed by atoms with van der Waals surface area (Å²) in [6.07, 6.45) is -0.681. The molecule has 2 aromatic rings. The number of aromatic nitrogens is 1. The van der Waals surface area contributed by atoms with Crippen LogP contribution in [0.2, 0.25) is 0 Å². The third-order valence-corrected chi connectivity index (χ3v) is 5.93. The first-order valence-corrected chi connectivity index (χ1v) is 9.07. The van der Waals surface area contributed by atoms with Crippen molar-refractivity contribution in [1.29, 1.82) is 0 Å². The molecule has 0 radical (unpaired) electrons. The van der Waals surface area contributed by atoms with Gasteiger partial charge in [0.15, 0.2) is 12.0 Å². The van der Waals surface area contributed by atoms with Crippen LogP contribution in [0.4, 0.5) is 5.82 Å². The number of ether oxygens (including phenoxy) is 1. The van der Waals surface area contributed by atoms with Gasteiger partial charge in [-0.15, -0.1) is 0 Å². The van der Waals surface area contributed by atoms with Crippen molar-refractivity contribution in [2.45, 2.75) is 24.2 Å². The van der Waals surface area contributed by atoms with Gasteiger partial charge in [0, 0.05) is 23.3 Å². The molecule has 0 amide bonds. The van der Waals surface area contributed by atoms with Crippen LogP contribution < -0.4 is 4.31 Å². The van der Waals surface area contributed by atoms with E-state index in [1.54, 1.807) is 18.2 Å². The Kier molecular flexibility index (Phi) is 4.18. The summed E-state index contributed by atoms with van der Waals surface area (Å²) in [6, 6.07) is 8.13. The maximum atomic E-state index is 12.9. The normalized spacial score (nSPS) is 20.6. The topological polar surface area (TPSA) is 79.7 Å². The molecule has 1 aliphatic rings. The van der Waals surface area contributed by atoms with Crippen molar-refractivity contribution in [3.05, 3.63) is 52.1 Å². The third-order valence-electron chi connectivity index (χ3n) is 3.72. The lowest BCUT2D eigenvalue weighted by Gasteiger charge is -2.24. The minimum atomic E-state index is -3.95. The van der Waals surface area contributed by atoms with E-state index in [1.165, 1.54) is 25.4 Å². The molecule has 2 atom stereocenters. The van der Waals surface area contributed by atoms with Crippen molar-refractivity contribution in [2.24, 2.45) is 0 Å². The van der Waals surface area contributed by atoms with Crippen LogP contribution in [0.3, 0.4) is 0 Å². The summed E-state index contributed by atoms with van der Waals surface area (Å²) in [4.78, 5) is 4.25. The number of hydrogen-bond donors (Lipinski definition) is 1. The lowest BCUT2D eigenvalue weighted by molar-refractivity contribution is 0.00307. The number of fused-ring (bicyclic) bond motifs is 1. The predicted molar refractivity (Wildman–Crippen MR) is 88.5 cm³/mol. The van der Waals surface area contributed by atoms with Gasteiger partial charge in [0.05, 0.1) is 4.90 Å². The molecule has 2 heterocycles. The molecule has 0 aliphatic carbocycles. The van der Waals surface area contributed by atoms with E-state index < -0.39 is 22.4 Å². The first kappa shape index (κ1) is 16.4. The number of hydrogen-bond acceptors (Lipinski definition) is 5. The molecule has 2 unspecified atom stereocenters. The number of nitrogens with zero attached hydrogens (tertiary/aromatic N) is 2. The van der Waals surface area contributed by atoms with E-state index in [1.807, 2.05) is 6.92 Å². The Bertz CT molecular complexity index is 839. The van der Waals surface area contributed by atoms with E-state index in [0.29, 0.717) is 10.0 Å². The molecular formula is C15H15BrN2O4S. The summed E-state index contributed by atoms with van der Waals surface area (Å²) < 4.78 is 32.7. The van der Waals surface area contributed by atoms with Crippen molar-refractivity contribution >= 4 is 31.8 Å². The standard InChI is InChI=1S/C15H15BrN2O4S/c1-9-3-5-11(6-4-9)23(20,21)18-14-12(7-10(16)8-17-14)13(22-2)15(18)19/h3-8,13,15,19H,1-2H3. The predicted octanol–water partition coefficient (Wildman–Crippen LogP) is 2.37. The number of aliphatic hydroxyl groups is 1. The van der Waals surface area contributed by atoms with Gasteiger partial charge in [-0.25, -0.2) is 17.7 Å². The molecule has 23 heavy (non-hydrogen) atoms. The Balaban J connectivity index is 2.14. The smallest absolute Gasteiger partial charge is 0.267 e. The average molecular weight is 399 g/mol. The molecule has 1 aromatic carbocycles. The fourth-order valence-electron chi connectivity index (χ4n) is 2.58. The van der Waals surface area contributed by atoms with Crippen LogP contribution in [0.5, 0.6) is 0 Å². The zero-order valence-electron chi connectivity index (χ0n) is 12.5. The largest absolute Gasteiger partial charge is 0.372 e. The second-order valence-corrected chi connectivity index (χ2v) is 7.98. The zero-order chi connectivity index (χ0) is 16.8. The first-order chi connectivity index (χ1) is 10.9. The molecule has 3 rings (SSSR count). The summed E-state index contributed by atoms with van der Waals surface area (Å²) in [7, 11) is -2.53. The number of rotatable bonds is 3. The van der Waals surface area contributed by atoms with Gasteiger partial charge in [-0.1, -0.05) is 17.7 Å². The van der Waals surface area contributed by atoms with Crippen LogP contribution in [0.1, 0.15) is 17.2 Å². The minimum Gasteiger partial charge on any atom is -0.372 e. The molecule has 8 heteroatoms. The molecule has 122 valence electrons. The van der Waals surface area contributed by atoms with E-state index in [4.69, 9.17) is 4.74 Å². The molecule has 6 nitrogen and oxygen atoms in total. The fourth-order valence-corrected chi connectivity index (χ4v) is 4.41. The Morgan fingerprint density at radius 3 is 2.57 bits per heavy atom. The van der Waals surface area contributed by atoms with Crippen LogP contribution in [0, 0.1) is 6.92 Å². The van der Waals surface area contributed by atoms with E-state index in [2.05, 4.69) is 20.9 Å². The number of benzene rings is 1. The van der Waals surface area contributed by atoms with Crippen molar-refractivity contribution in [3.63, 3.8) is 0 Å². The van der Waals surface area contributed by atoms with Gasteiger partial charge in [0.2, 0.25) is 0 Å². The highest BCUT2D eigenvalue weighted by atomic mass is 79.9. The van der Waals surface area contributed by atoms with Crippen LogP contribution in [-0.2, 0) is 14.8 Å². The highest BCUT2D eigenvalue weighted by Crippen LogP contribution is 2.42. The van der Waals surface area contributed by atoms with E-state index in [0.717, 1.165) is 9.87 Å². The molecule has 0 bridgehead atoms. The summed E-state index contributed by atoms with van der Waals surface area (Å²) in [5, 5.41) is 10.5. The van der Waals surface area contributed by atoms with Gasteiger partial charge in [-0.3, -0.25) is 0 Å². The molecular weight excluding hydrogens is 384 g/mol. The zero-order valence-corrected chi connectivity index (χ0v) is 14.9. The molecule has 0 saturated carbocycles. The van der Waals surface area contributed by atoms with Crippen LogP contribution in [-0.4, -0.2) is 31.8 Å². The maximum absolute atomic E-state index is 12.9. The van der Waals surface area contributed by atoms with E-state index in [-0.39, 0.29) is 10.7 Å². The van der Waals surface area contributed by atoms with Crippen molar-refractivity contribution in [2.75, 3.05) is 11.4 Å². The third kappa shape index (κ3) is 2.65. The number of pyridine rings is 1. The Labute approximate surface area is 142 Å². The van der Waals surface area contributed by atoms with Gasteiger partial charge in [0.25, 0.3) is 10.0 Å². The monoisotopic (exact) mass is 398 g/mol. The number of anilines is 1. The van der Waals surface area contributed by atoms with Gasteiger partial charge in [-0.05, 0) is 41.1 Å². The molecule has 0 fully saturated rings. The first-order valence-electron chi connectivity index (χ1n) is 6.83. The van der Waals surface area contributed by atoms with Gasteiger partial charge < -0.3 is 9.84 Å². The summed E-state index contributed by atoms with van der Waals surface area (Å²) in [5.41, 5.74) is 1.47. The second-order valence-electron chi connectivity index (χ2n) is 5.25. The van der Waals surface area contributed by atoms with Gasteiger partial charge in [-0.2, -0.15) is 0 Å². The Morgan fingerprint density at radius 1 is 1.30 bits per heavy atom. The average Bonchev–Trinajstić information content (AvgIpc) is 2.78. The summed E-state index contributed by atoms with van der Waals surface area (Å²) >= 11 is 3.30. The Morgan fingerprint density at radius 2 is 1.96 bits per heavy atom. The van der Waals surface area contributed by atoms with Crippen LogP contribution in [0.15, 0.2) is 45.9 Å². The van der Waals surface area contributed by atoms with Crippen molar-refractivity contribution in [1.82, 2.24) is 4.98 Å². The Hall–Kier alpha value is -1.48. The molecule has 0 spiro atoms. The maximum Gasteiger partial charge on any atom is 0.267 e. The summed E-state index contributed by atoms with van der Waals surface area (Å²) in [5.74, 6) is 0.174. The molecule has 1 aliphatic heterocycles. The lowest BCUT2D eigenvalue weighted by atomic mass is 10.2. The van der Waals surface area contributed by atoms with Crippen LogP contribution in [0.25, 0.3) is 0 Å². The fraction of sp³-hybridized carbons (Fsp3) is 0.267. The molecule has 1 N–H and O–H groups in total. The molecule has 1 aromatic heterocycles. The van der Waals surface area contributed by atoms with E-state index in [9.17, 15) is 13.5 Å². The van der Waals surface area contributed by atoms with Crippen molar-refractivity contribution in [3.8, 4) is 0 Å². The van der Waals surface area contributed by atoms with Crippen molar-refractivity contribution < 1.29 is 18.3 Å². The lowest BCUT2D eigenvalue weighted by Crippen LogP contribution is -2.39. The summed E-state index contributed by atoms with van der Waals surface area (Å²) in [6.45, 7) is 1.87. The number of aryl methyl sites for hydroxylation is 1. The van der Waals surface area contributed by atoms with Crippen LogP contribution >= 0.6 is 15.9 Å². The quantitative estimate of drug-likeness (QED) is 0.858. The van der Waals surface area contributed by atoms with Gasteiger partial charge in [0.1, 0.15) is 6.10 Å². The minimum absolute atomic E-state index is 0.0922. The highest BCUT2D eigenvalue weighted by Gasteiger charge is 2.45. The van der Waals surface area contributed by atoms with E-state index >= 15 is 0 Å². The second kappa shape index (κ2) is 5.86.